The van der Waals surface area contributed by atoms with Gasteiger partial charge in [-0.15, -0.1) is 0 Å². The summed E-state index contributed by atoms with van der Waals surface area (Å²) in [5.41, 5.74) is 14.7. The minimum atomic E-state index is -0.540. The Morgan fingerprint density at radius 2 is 2.25 bits per heavy atom. The van der Waals surface area contributed by atoms with Crippen LogP contribution in [-0.2, 0) is 9.63 Å². The van der Waals surface area contributed by atoms with E-state index in [4.69, 9.17) is 11.3 Å². The van der Waals surface area contributed by atoms with Gasteiger partial charge < -0.3 is 10.6 Å². The lowest BCUT2D eigenvalue weighted by Gasteiger charge is -2.01. The minimum Gasteiger partial charge on any atom is -0.402 e. The van der Waals surface area contributed by atoms with Gasteiger partial charge in [-0.1, -0.05) is 5.11 Å². The zero-order valence-electron chi connectivity index (χ0n) is 8.96. The quantitative estimate of drug-likeness (QED) is 0.222. The van der Waals surface area contributed by atoms with Crippen LogP contribution in [0.1, 0.15) is 12.8 Å². The number of nitrogens with zero attached hydrogens (tertiary/aromatic N) is 4. The maximum Gasteiger partial charge on any atom is 0.324 e. The van der Waals surface area contributed by atoms with Gasteiger partial charge in [-0.05, 0) is 18.0 Å². The van der Waals surface area contributed by atoms with Crippen LogP contribution >= 0.6 is 0 Å². The average molecular weight is 226 g/mol. The molecule has 88 valence electrons. The van der Waals surface area contributed by atoms with Crippen LogP contribution < -0.4 is 11.6 Å². The molecule has 4 N–H and O–H groups in total. The third-order valence-electron chi connectivity index (χ3n) is 1.68. The van der Waals surface area contributed by atoms with Crippen molar-refractivity contribution in [1.29, 1.82) is 0 Å². The molecule has 0 bridgehead atoms. The molecule has 0 saturated carbocycles. The highest BCUT2D eigenvalue weighted by Crippen LogP contribution is 2.00. The minimum absolute atomic E-state index is 0.0946. The molecule has 0 aromatic heterocycles. The first-order chi connectivity index (χ1) is 7.63. The highest BCUT2D eigenvalue weighted by Gasteiger charge is 2.02. The zero-order valence-corrected chi connectivity index (χ0v) is 8.96. The molecule has 0 saturated heterocycles. The van der Waals surface area contributed by atoms with Crippen LogP contribution in [0.4, 0.5) is 0 Å². The highest BCUT2D eigenvalue weighted by molar-refractivity contribution is 5.97. The molecule has 0 unspecified atom stereocenters. The van der Waals surface area contributed by atoms with Gasteiger partial charge in [-0.25, -0.2) is 0 Å². The molecule has 0 fully saturated rings. The molecule has 0 aromatic carbocycles. The van der Waals surface area contributed by atoms with E-state index in [1.54, 1.807) is 13.1 Å². The largest absolute Gasteiger partial charge is 0.402 e. The Labute approximate surface area is 92.5 Å². The second kappa shape index (κ2) is 8.27. The van der Waals surface area contributed by atoms with Gasteiger partial charge in [0.1, 0.15) is 0 Å². The molecule has 0 atom stereocenters. The molecule has 0 radical (unpaired) electrons. The lowest BCUT2D eigenvalue weighted by Crippen LogP contribution is -2.12. The van der Waals surface area contributed by atoms with E-state index < -0.39 is 5.97 Å². The molecule has 0 heterocycles. The van der Waals surface area contributed by atoms with Crippen molar-refractivity contribution in [2.75, 3.05) is 13.6 Å². The fourth-order valence-electron chi connectivity index (χ4n) is 0.876. The number of rotatable bonds is 6. The van der Waals surface area contributed by atoms with Crippen LogP contribution in [0.15, 0.2) is 21.9 Å². The number of carbonyl (C=O) groups excluding carboxylic acids is 1. The van der Waals surface area contributed by atoms with Crippen molar-refractivity contribution >= 4 is 11.7 Å². The van der Waals surface area contributed by atoms with Crippen LogP contribution in [0.2, 0.25) is 0 Å². The van der Waals surface area contributed by atoms with Crippen molar-refractivity contribution in [3.63, 3.8) is 0 Å². The Balaban J connectivity index is 4.27. The van der Waals surface area contributed by atoms with E-state index in [0.29, 0.717) is 17.8 Å². The second-order valence-electron chi connectivity index (χ2n) is 2.81. The van der Waals surface area contributed by atoms with Crippen LogP contribution in [0.5, 0.6) is 0 Å². The predicted octanol–water partition coefficient (Wildman–Crippen LogP) is 0.407. The maximum absolute atomic E-state index is 10.7. The summed E-state index contributed by atoms with van der Waals surface area (Å²) in [7, 11) is 1.56. The van der Waals surface area contributed by atoms with Gasteiger partial charge in [0.2, 0.25) is 0 Å². The molecular formula is C8H14N6O2. The number of azide groups is 1. The maximum atomic E-state index is 10.7. The first-order valence-corrected chi connectivity index (χ1v) is 4.46. The van der Waals surface area contributed by atoms with Crippen molar-refractivity contribution < 1.29 is 9.63 Å². The number of hydrogen-bond acceptors (Lipinski definition) is 6. The lowest BCUT2D eigenvalue weighted by atomic mass is 10.2. The Morgan fingerprint density at radius 3 is 2.75 bits per heavy atom. The summed E-state index contributed by atoms with van der Waals surface area (Å²) < 4.78 is 0. The Morgan fingerprint density at radius 1 is 1.56 bits per heavy atom. The van der Waals surface area contributed by atoms with Crippen molar-refractivity contribution in [3.05, 3.63) is 22.2 Å². The Kier molecular flexibility index (Phi) is 7.21. The number of carbonyl (C=O) groups is 1. The zero-order chi connectivity index (χ0) is 12.4. The van der Waals surface area contributed by atoms with E-state index >= 15 is 0 Å². The third-order valence-corrected chi connectivity index (χ3v) is 1.68. The van der Waals surface area contributed by atoms with Crippen molar-refractivity contribution in [2.45, 2.75) is 12.8 Å². The van der Waals surface area contributed by atoms with E-state index in [1.807, 2.05) is 0 Å². The van der Waals surface area contributed by atoms with E-state index in [0.717, 1.165) is 0 Å². The van der Waals surface area contributed by atoms with Crippen LogP contribution in [0.3, 0.4) is 0 Å². The van der Waals surface area contributed by atoms with Gasteiger partial charge in [0.15, 0.2) is 0 Å². The van der Waals surface area contributed by atoms with Gasteiger partial charge >= 0.3 is 5.97 Å². The summed E-state index contributed by atoms with van der Waals surface area (Å²) in [4.78, 5) is 21.2. The SMILES string of the molecule is CN=C(C=C(N)CCC(=O)ON)CN=[N+]=[N-]. The number of nitrogens with two attached hydrogens (primary N) is 2. The molecule has 0 amide bonds. The molecule has 16 heavy (non-hydrogen) atoms. The lowest BCUT2D eigenvalue weighted by molar-refractivity contribution is -0.144. The first kappa shape index (κ1) is 13.9. The molecule has 0 rings (SSSR count). The normalized spacial score (nSPS) is 11.9. The highest BCUT2D eigenvalue weighted by atomic mass is 16.7. The van der Waals surface area contributed by atoms with E-state index in [1.165, 1.54) is 0 Å². The number of allylic oxidation sites excluding steroid dienone is 1. The molecule has 0 aliphatic rings. The topological polar surface area (TPSA) is 139 Å². The van der Waals surface area contributed by atoms with Gasteiger partial charge in [0.25, 0.3) is 0 Å². The molecule has 0 aromatic rings. The van der Waals surface area contributed by atoms with E-state index in [2.05, 4.69) is 25.8 Å². The molecule has 8 heteroatoms. The third kappa shape index (κ3) is 6.41. The van der Waals surface area contributed by atoms with Crippen LogP contribution in [0.25, 0.3) is 10.4 Å². The Bertz CT molecular complexity index is 342. The monoisotopic (exact) mass is 226 g/mol. The van der Waals surface area contributed by atoms with Crippen molar-refractivity contribution in [3.8, 4) is 0 Å². The molecule has 8 nitrogen and oxygen atoms in total. The summed E-state index contributed by atoms with van der Waals surface area (Å²) in [6.07, 6.45) is 1.96. The fourth-order valence-corrected chi connectivity index (χ4v) is 0.876. The second-order valence-corrected chi connectivity index (χ2v) is 2.81. The fraction of sp³-hybridized carbons (Fsp3) is 0.500. The van der Waals surface area contributed by atoms with Crippen LogP contribution in [-0.4, -0.2) is 25.3 Å². The number of hydrogen-bond donors (Lipinski definition) is 2. The Hall–Kier alpha value is -2.05. The molecule has 0 spiro atoms. The average Bonchev–Trinajstić information content (AvgIpc) is 2.31. The molecule has 0 aliphatic heterocycles. The summed E-state index contributed by atoms with van der Waals surface area (Å²) in [6.45, 7) is 0.120. The first-order valence-electron chi connectivity index (χ1n) is 4.46. The van der Waals surface area contributed by atoms with Crippen molar-refractivity contribution in [2.24, 2.45) is 21.7 Å². The summed E-state index contributed by atoms with van der Waals surface area (Å²) >= 11 is 0. The van der Waals surface area contributed by atoms with Gasteiger partial charge in [0.05, 0.1) is 13.0 Å². The van der Waals surface area contributed by atoms with Gasteiger partial charge in [-0.3, -0.25) is 9.79 Å². The van der Waals surface area contributed by atoms with Crippen molar-refractivity contribution in [1.82, 2.24) is 0 Å². The predicted molar refractivity (Wildman–Crippen MR) is 59.2 cm³/mol. The van der Waals surface area contributed by atoms with Gasteiger partial charge in [0, 0.05) is 23.4 Å². The summed E-state index contributed by atoms with van der Waals surface area (Å²) in [5.74, 6) is 4.12. The standard InChI is InChI=1S/C8H14N6O2/c1-12-7(5-13-14-10)4-6(9)2-3-8(15)16-11/h4H,2-3,5,9,11H2,1H3. The van der Waals surface area contributed by atoms with Crippen LogP contribution in [0, 0.1) is 0 Å². The van der Waals surface area contributed by atoms with E-state index in [9.17, 15) is 4.79 Å². The molecule has 0 aliphatic carbocycles. The summed E-state index contributed by atoms with van der Waals surface area (Å²) in [6, 6.07) is 0. The van der Waals surface area contributed by atoms with E-state index in [-0.39, 0.29) is 13.0 Å². The smallest absolute Gasteiger partial charge is 0.324 e. The van der Waals surface area contributed by atoms with Gasteiger partial charge in [-0.2, -0.15) is 5.90 Å². The summed E-state index contributed by atoms with van der Waals surface area (Å²) in [5, 5.41) is 3.35. The number of aliphatic imine (C=N–C) groups is 1. The molecular weight excluding hydrogens is 212 g/mol.